The molecule has 0 radical (unpaired) electrons. The van der Waals surface area contributed by atoms with Gasteiger partial charge in [-0.05, 0) is 45.0 Å². The fraction of sp³-hybridized carbons (Fsp3) is 0.316. The van der Waals surface area contributed by atoms with Gasteiger partial charge in [0.25, 0.3) is 0 Å². The van der Waals surface area contributed by atoms with Crippen molar-refractivity contribution in [2.45, 2.75) is 58.3 Å². The highest BCUT2D eigenvalue weighted by Gasteiger charge is 2.35. The Balaban J connectivity index is 1.41. The van der Waals surface area contributed by atoms with Crippen LogP contribution in [0.4, 0.5) is 13.2 Å². The number of amides is 1. The van der Waals surface area contributed by atoms with Gasteiger partial charge in [0.2, 0.25) is 5.91 Å². The first kappa shape index (κ1) is 33.2. The van der Waals surface area contributed by atoms with Crippen LogP contribution in [-0.4, -0.2) is 60.5 Å². The van der Waals surface area contributed by atoms with Crippen molar-refractivity contribution in [2.24, 2.45) is 7.05 Å². The molecule has 13 heteroatoms. The van der Waals surface area contributed by atoms with Crippen molar-refractivity contribution in [1.82, 2.24) is 29.2 Å². The van der Waals surface area contributed by atoms with Crippen LogP contribution in [0.3, 0.4) is 0 Å². The van der Waals surface area contributed by atoms with Crippen LogP contribution in [0, 0.1) is 24.4 Å². The Morgan fingerprint density at radius 1 is 1.04 bits per heavy atom. The zero-order valence-electron chi connectivity index (χ0n) is 28.5. The fourth-order valence-corrected chi connectivity index (χ4v) is 8.37. The summed E-state index contributed by atoms with van der Waals surface area (Å²) in [7, 11) is 1.94. The number of imidazole rings is 1. The van der Waals surface area contributed by atoms with Crippen molar-refractivity contribution in [2.75, 3.05) is 13.2 Å². The number of rotatable bonds is 6. The van der Waals surface area contributed by atoms with E-state index in [9.17, 15) is 9.18 Å². The van der Waals surface area contributed by atoms with Crippen LogP contribution in [0.15, 0.2) is 54.4 Å². The second-order valence-electron chi connectivity index (χ2n) is 13.2. The second-order valence-corrected chi connectivity index (χ2v) is 14.1. The maximum absolute atomic E-state index is 16.4. The summed E-state index contributed by atoms with van der Waals surface area (Å²) in [5.41, 5.74) is 4.09. The summed E-state index contributed by atoms with van der Waals surface area (Å²) in [4.78, 5) is 24.5. The number of carbonyl (C=O) groups is 1. The van der Waals surface area contributed by atoms with Gasteiger partial charge in [-0.25, -0.2) is 23.1 Å². The average Bonchev–Trinajstić information content (AvgIpc) is 3.79. The topological polar surface area (TPSA) is 87.3 Å². The van der Waals surface area contributed by atoms with Gasteiger partial charge in [0.15, 0.2) is 0 Å². The van der Waals surface area contributed by atoms with Crippen LogP contribution < -0.4 is 4.74 Å². The van der Waals surface area contributed by atoms with E-state index in [1.165, 1.54) is 11.5 Å². The molecule has 1 amide bonds. The van der Waals surface area contributed by atoms with Gasteiger partial charge in [0, 0.05) is 60.0 Å². The molecule has 4 aromatic heterocycles. The molecule has 0 aliphatic carbocycles. The van der Waals surface area contributed by atoms with Gasteiger partial charge < -0.3 is 18.9 Å². The quantitative estimate of drug-likeness (QED) is 0.162. The molecule has 1 saturated heterocycles. The molecular weight excluding hydrogens is 678 g/mol. The number of ether oxygens (including phenoxy) is 2. The highest BCUT2D eigenvalue weighted by Crippen LogP contribution is 2.49. The van der Waals surface area contributed by atoms with E-state index in [4.69, 9.17) is 24.5 Å². The summed E-state index contributed by atoms with van der Waals surface area (Å²) < 4.78 is 63.7. The Kier molecular flexibility index (Phi) is 8.22. The van der Waals surface area contributed by atoms with E-state index in [0.717, 1.165) is 46.0 Å². The van der Waals surface area contributed by atoms with E-state index in [0.29, 0.717) is 54.3 Å². The van der Waals surface area contributed by atoms with E-state index in [-0.39, 0.29) is 52.1 Å². The number of nitrogens with zero attached hydrogens (tertiary/aromatic N) is 6. The van der Waals surface area contributed by atoms with Gasteiger partial charge in [-0.3, -0.25) is 9.48 Å². The molecular formula is C38H35F3N6O3S. The van der Waals surface area contributed by atoms with Gasteiger partial charge in [-0.1, -0.05) is 12.6 Å². The number of hydrogen-bond donors (Lipinski definition) is 0. The number of aryl methyl sites for hydroxylation is 2. The van der Waals surface area contributed by atoms with Gasteiger partial charge in [-0.15, -0.1) is 11.3 Å². The lowest BCUT2D eigenvalue weighted by atomic mass is 9.94. The Hall–Kier alpha value is -5.01. The molecule has 262 valence electrons. The molecule has 6 aromatic rings. The van der Waals surface area contributed by atoms with Gasteiger partial charge >= 0.3 is 0 Å². The monoisotopic (exact) mass is 712 g/mol. The largest absolute Gasteiger partial charge is 0.489 e. The Bertz CT molecular complexity index is 2380. The number of benzene rings is 2. The van der Waals surface area contributed by atoms with Crippen LogP contribution in [0.5, 0.6) is 5.75 Å². The highest BCUT2D eigenvalue weighted by molar-refractivity contribution is 7.17. The number of thiophene rings is 1. The predicted octanol–water partition coefficient (Wildman–Crippen LogP) is 8.14. The zero-order valence-corrected chi connectivity index (χ0v) is 29.4. The van der Waals surface area contributed by atoms with Crippen molar-refractivity contribution in [1.29, 1.82) is 0 Å². The summed E-state index contributed by atoms with van der Waals surface area (Å²) in [6, 6.07) is 8.89. The number of pyridine rings is 1. The molecule has 0 N–H and O–H groups in total. The number of halogens is 3. The van der Waals surface area contributed by atoms with Crippen LogP contribution in [-0.2, 0) is 23.1 Å². The number of aromatic nitrogens is 5. The minimum atomic E-state index is -0.918. The summed E-state index contributed by atoms with van der Waals surface area (Å²) in [6.07, 6.45) is 1.99. The fourth-order valence-electron chi connectivity index (χ4n) is 7.44. The van der Waals surface area contributed by atoms with Crippen molar-refractivity contribution in [3.8, 4) is 39.5 Å². The lowest BCUT2D eigenvalue weighted by Crippen LogP contribution is -2.46. The van der Waals surface area contributed by atoms with Gasteiger partial charge in [-0.2, -0.15) is 5.10 Å². The van der Waals surface area contributed by atoms with Crippen molar-refractivity contribution < 1.29 is 27.4 Å². The van der Waals surface area contributed by atoms with Crippen molar-refractivity contribution >= 4 is 38.4 Å². The molecule has 2 aromatic carbocycles. The Morgan fingerprint density at radius 3 is 2.59 bits per heavy atom. The molecule has 9 nitrogen and oxygen atoms in total. The third kappa shape index (κ3) is 5.50. The van der Waals surface area contributed by atoms with E-state index in [1.807, 2.05) is 50.6 Å². The summed E-state index contributed by atoms with van der Waals surface area (Å²) in [6.45, 7) is 10.7. The maximum Gasteiger partial charge on any atom is 0.246 e. The van der Waals surface area contributed by atoms with E-state index in [1.54, 1.807) is 15.6 Å². The predicted molar refractivity (Wildman–Crippen MR) is 190 cm³/mol. The zero-order chi connectivity index (χ0) is 35.7. The van der Waals surface area contributed by atoms with E-state index >= 15 is 8.78 Å². The highest BCUT2D eigenvalue weighted by atomic mass is 32.1. The Morgan fingerprint density at radius 2 is 1.82 bits per heavy atom. The minimum Gasteiger partial charge on any atom is -0.489 e. The van der Waals surface area contributed by atoms with Crippen LogP contribution in [0.1, 0.15) is 44.2 Å². The molecule has 51 heavy (non-hydrogen) atoms. The van der Waals surface area contributed by atoms with E-state index in [2.05, 4.69) is 6.58 Å². The normalized spacial score (nSPS) is 18.1. The first-order valence-electron chi connectivity index (χ1n) is 16.8. The molecule has 6 heterocycles. The molecule has 0 unspecified atom stereocenters. The molecule has 1 fully saturated rings. The minimum absolute atomic E-state index is 0.0544. The smallest absolute Gasteiger partial charge is 0.246 e. The lowest BCUT2D eigenvalue weighted by molar-refractivity contribution is -0.131. The lowest BCUT2D eigenvalue weighted by Gasteiger charge is -2.38. The third-order valence-electron chi connectivity index (χ3n) is 10.0. The molecule has 8 rings (SSSR count). The first-order chi connectivity index (χ1) is 24.5. The van der Waals surface area contributed by atoms with Crippen LogP contribution in [0.2, 0.25) is 0 Å². The number of hydrogen-bond acceptors (Lipinski definition) is 7. The standard InChI is InChI=1S/C38H35F3N6O3S/c1-6-32(48)47-19(2)17-46-30(20(47)3)16-28(44-46)37-35(33-25(40)14-23(39)15-31(33)50-24-9-11-49-12-10-24)34-26(41)18-51-38(34)36(43-37)22-7-8-29-27(13-22)42-21(4)45(29)5/h6-8,13-16,18-20,24H,1,9-12,17H2,2-5H3/t19-,20+/m1/s1. The molecule has 0 bridgehead atoms. The third-order valence-corrected chi connectivity index (χ3v) is 11.0. The SMILES string of the molecule is C=CC(=O)N1[C@H](C)Cn2nc(-c3nc(-c4ccc5c(c4)nc(C)n5C)c4scc(F)c4c3-c3c(F)cc(F)cc3OC3CCOCC3)cc2[C@@H]1C. The van der Waals surface area contributed by atoms with E-state index < -0.39 is 17.5 Å². The summed E-state index contributed by atoms with van der Waals surface area (Å²) >= 11 is 1.15. The number of carbonyl (C=O) groups excluding carboxylic acids is 1. The average molecular weight is 713 g/mol. The van der Waals surface area contributed by atoms with Crippen molar-refractivity contribution in [3.63, 3.8) is 0 Å². The molecule has 2 atom stereocenters. The summed E-state index contributed by atoms with van der Waals surface area (Å²) in [5.74, 6) is -1.76. The molecule has 0 spiro atoms. The molecule has 2 aliphatic rings. The summed E-state index contributed by atoms with van der Waals surface area (Å²) in [5, 5.41) is 6.43. The Labute approximate surface area is 295 Å². The molecule has 2 aliphatic heterocycles. The maximum atomic E-state index is 16.4. The number of fused-ring (bicyclic) bond motifs is 3. The van der Waals surface area contributed by atoms with Crippen molar-refractivity contribution in [3.05, 3.63) is 83.4 Å². The van der Waals surface area contributed by atoms with Gasteiger partial charge in [0.05, 0.1) is 58.5 Å². The van der Waals surface area contributed by atoms with Crippen LogP contribution >= 0.6 is 11.3 Å². The molecule has 0 saturated carbocycles. The first-order valence-corrected chi connectivity index (χ1v) is 17.7. The van der Waals surface area contributed by atoms with Crippen LogP contribution in [0.25, 0.3) is 54.9 Å². The van der Waals surface area contributed by atoms with Gasteiger partial charge in [0.1, 0.15) is 46.5 Å². The second kappa shape index (κ2) is 12.6.